The molecule has 3 nitrogen and oxygen atoms in total. The summed E-state index contributed by atoms with van der Waals surface area (Å²) in [5.41, 5.74) is 0. The summed E-state index contributed by atoms with van der Waals surface area (Å²) >= 11 is 0. The van der Waals surface area contributed by atoms with Crippen molar-refractivity contribution in [2.45, 2.75) is 0 Å². The van der Waals surface area contributed by atoms with Gasteiger partial charge in [0, 0.05) is 0 Å². The third-order valence-electron chi connectivity index (χ3n) is 0.492. The Kier molecular flexibility index (Phi) is 0.898. The first-order valence-corrected chi connectivity index (χ1v) is 1.75. The topological polar surface area (TPSA) is 43.5 Å². The molecule has 1 aliphatic rings. The Morgan fingerprint density at radius 2 is 2.57 bits per heavy atom. The minimum Gasteiger partial charge on any atom is -0.266 e. The molecule has 0 unspecified atom stereocenters. The van der Waals surface area contributed by atoms with Gasteiger partial charge in [-0.25, -0.2) is 5.32 Å². The van der Waals surface area contributed by atoms with Gasteiger partial charge in [0.15, 0.2) is 0 Å². The second-order valence-corrected chi connectivity index (χ2v) is 0.986. The number of carbonyl (C=O) groups is 1. The summed E-state index contributed by atoms with van der Waals surface area (Å²) < 4.78 is 0. The lowest BCUT2D eigenvalue weighted by Crippen LogP contribution is -2.12. The highest BCUT2D eigenvalue weighted by Crippen LogP contribution is 1.76. The van der Waals surface area contributed by atoms with Crippen molar-refractivity contribution in [3.8, 4) is 0 Å². The lowest BCUT2D eigenvalue weighted by Gasteiger charge is -1.87. The van der Waals surface area contributed by atoms with Crippen LogP contribution in [0.2, 0.25) is 0 Å². The van der Waals surface area contributed by atoms with Gasteiger partial charge in [-0.15, -0.1) is 0 Å². The summed E-state index contributed by atoms with van der Waals surface area (Å²) in [6.07, 6.45) is 4.76. The van der Waals surface area contributed by atoms with E-state index in [0.717, 1.165) is 6.21 Å². The molecular formula is C4H2N2O. The van der Waals surface area contributed by atoms with Crippen molar-refractivity contribution < 1.29 is 4.79 Å². The summed E-state index contributed by atoms with van der Waals surface area (Å²) in [6, 6.07) is 0. The van der Waals surface area contributed by atoms with Crippen LogP contribution in [0.3, 0.4) is 0 Å². The molecule has 0 spiro atoms. The minimum absolute atomic E-state index is 0.345. The van der Waals surface area contributed by atoms with Crippen LogP contribution in [0.4, 0.5) is 0 Å². The highest BCUT2D eigenvalue weighted by Gasteiger charge is 1.95. The fraction of sp³-hybridized carbons (Fsp3) is 0. The fourth-order valence-electron chi connectivity index (χ4n) is 0.256. The van der Waals surface area contributed by atoms with E-state index >= 15 is 0 Å². The number of carbonyl (C=O) groups excluding carboxylic acids is 1. The van der Waals surface area contributed by atoms with Gasteiger partial charge in [0.05, 0.1) is 12.4 Å². The number of amides is 1. The van der Waals surface area contributed by atoms with Crippen molar-refractivity contribution in [2.75, 3.05) is 0 Å². The van der Waals surface area contributed by atoms with E-state index < -0.39 is 0 Å². The molecule has 3 heteroatoms. The van der Waals surface area contributed by atoms with Crippen LogP contribution >= 0.6 is 0 Å². The van der Waals surface area contributed by atoms with E-state index in [2.05, 4.69) is 16.5 Å². The summed E-state index contributed by atoms with van der Waals surface area (Å²) in [7, 11) is 0. The van der Waals surface area contributed by atoms with Crippen LogP contribution in [-0.2, 0) is 4.79 Å². The van der Waals surface area contributed by atoms with Gasteiger partial charge in [0.1, 0.15) is 6.20 Å². The van der Waals surface area contributed by atoms with Gasteiger partial charge in [-0.1, -0.05) is 0 Å². The molecule has 0 saturated carbocycles. The van der Waals surface area contributed by atoms with Gasteiger partial charge in [-0.2, -0.15) is 0 Å². The molecule has 1 amide bonds. The molecule has 0 aromatic carbocycles. The van der Waals surface area contributed by atoms with E-state index in [0.29, 0.717) is 0 Å². The smallest absolute Gasteiger partial charge is 0.266 e. The SMILES string of the molecule is O=C1C=NC=[C][N]1. The molecular weight excluding hydrogens is 92.1 g/mol. The van der Waals surface area contributed by atoms with Crippen LogP contribution in [0.25, 0.3) is 0 Å². The van der Waals surface area contributed by atoms with Crippen LogP contribution < -0.4 is 5.32 Å². The van der Waals surface area contributed by atoms with Crippen molar-refractivity contribution in [3.05, 3.63) is 12.4 Å². The first-order valence-electron chi connectivity index (χ1n) is 1.75. The Bertz CT molecular complexity index is 137. The predicted molar refractivity (Wildman–Crippen MR) is 23.4 cm³/mol. The largest absolute Gasteiger partial charge is 0.288 e. The zero-order valence-corrected chi connectivity index (χ0v) is 3.46. The Morgan fingerprint density at radius 3 is 2.86 bits per heavy atom. The lowest BCUT2D eigenvalue weighted by molar-refractivity contribution is -0.114. The third kappa shape index (κ3) is 0.855. The van der Waals surface area contributed by atoms with E-state index in [1.54, 1.807) is 0 Å². The first-order chi connectivity index (χ1) is 3.39. The Hall–Kier alpha value is -1.12. The number of rotatable bonds is 0. The highest BCUT2D eigenvalue weighted by molar-refractivity contribution is 6.26. The molecule has 0 fully saturated rings. The van der Waals surface area contributed by atoms with Crippen LogP contribution in [0.5, 0.6) is 0 Å². The molecule has 0 aliphatic carbocycles. The molecule has 0 atom stereocenters. The molecule has 1 heterocycles. The van der Waals surface area contributed by atoms with Crippen molar-refractivity contribution in [1.82, 2.24) is 5.32 Å². The third-order valence-corrected chi connectivity index (χ3v) is 0.492. The van der Waals surface area contributed by atoms with Gasteiger partial charge in [-0.05, 0) is 0 Å². The summed E-state index contributed by atoms with van der Waals surface area (Å²) in [6.45, 7) is 0. The molecule has 2 radical (unpaired) electrons. The van der Waals surface area contributed by atoms with E-state index in [-0.39, 0.29) is 5.91 Å². The molecule has 0 aromatic heterocycles. The van der Waals surface area contributed by atoms with Crippen LogP contribution in [0.15, 0.2) is 11.2 Å². The van der Waals surface area contributed by atoms with Crippen LogP contribution in [0, 0.1) is 6.20 Å². The molecule has 7 heavy (non-hydrogen) atoms. The average molecular weight is 94.1 g/mol. The van der Waals surface area contributed by atoms with Gasteiger partial charge < -0.3 is 0 Å². The number of hydrogen-bond donors (Lipinski definition) is 0. The second kappa shape index (κ2) is 1.55. The normalized spacial score (nSPS) is 16.9. The monoisotopic (exact) mass is 94.0 g/mol. The maximum atomic E-state index is 10.1. The molecule has 0 saturated heterocycles. The Balaban J connectivity index is 2.66. The fourth-order valence-corrected chi connectivity index (χ4v) is 0.256. The minimum atomic E-state index is -0.345. The molecule has 34 valence electrons. The molecule has 0 N–H and O–H groups in total. The van der Waals surface area contributed by atoms with E-state index in [1.165, 1.54) is 6.20 Å². The zero-order chi connectivity index (χ0) is 5.11. The van der Waals surface area contributed by atoms with Crippen molar-refractivity contribution in [3.63, 3.8) is 0 Å². The lowest BCUT2D eigenvalue weighted by atomic mass is 10.6. The van der Waals surface area contributed by atoms with E-state index in [1.807, 2.05) is 0 Å². The summed E-state index contributed by atoms with van der Waals surface area (Å²) in [5, 5.41) is 3.24. The van der Waals surface area contributed by atoms with E-state index in [9.17, 15) is 4.79 Å². The van der Waals surface area contributed by atoms with Crippen molar-refractivity contribution >= 4 is 12.1 Å². The van der Waals surface area contributed by atoms with Gasteiger partial charge in [0.2, 0.25) is 0 Å². The molecule has 0 aromatic rings. The maximum absolute atomic E-state index is 10.1. The zero-order valence-electron chi connectivity index (χ0n) is 3.46. The van der Waals surface area contributed by atoms with Crippen LogP contribution in [-0.4, -0.2) is 12.1 Å². The quantitative estimate of drug-likeness (QED) is 0.398. The van der Waals surface area contributed by atoms with Gasteiger partial charge >= 0.3 is 0 Å². The van der Waals surface area contributed by atoms with E-state index in [4.69, 9.17) is 0 Å². The standard InChI is InChI=1S/C4H2N2O/c7-4-3-5-1-2-6-4/h1,3H. The number of nitrogens with zero attached hydrogens (tertiary/aromatic N) is 2. The maximum Gasteiger partial charge on any atom is 0.288 e. The first kappa shape index (κ1) is 4.05. The second-order valence-electron chi connectivity index (χ2n) is 0.986. The number of aliphatic imine (C=N–C) groups is 1. The van der Waals surface area contributed by atoms with Gasteiger partial charge in [0.25, 0.3) is 5.91 Å². The number of hydrogen-bond acceptors (Lipinski definition) is 2. The van der Waals surface area contributed by atoms with Crippen molar-refractivity contribution in [1.29, 1.82) is 0 Å². The summed E-state index contributed by atoms with van der Waals surface area (Å²) in [5.74, 6) is -0.345. The van der Waals surface area contributed by atoms with Crippen molar-refractivity contribution in [2.24, 2.45) is 4.99 Å². The highest BCUT2D eigenvalue weighted by atomic mass is 16.1. The molecule has 1 rings (SSSR count). The average Bonchev–Trinajstić information content (AvgIpc) is 1.69. The summed E-state index contributed by atoms with van der Waals surface area (Å²) in [4.78, 5) is 13.5. The Morgan fingerprint density at radius 1 is 1.71 bits per heavy atom. The molecule has 0 bridgehead atoms. The van der Waals surface area contributed by atoms with Crippen LogP contribution in [0.1, 0.15) is 0 Å². The Labute approximate surface area is 40.7 Å². The molecule has 1 aliphatic heterocycles. The predicted octanol–water partition coefficient (Wildman–Crippen LogP) is -0.524. The van der Waals surface area contributed by atoms with Gasteiger partial charge in [-0.3, -0.25) is 9.79 Å².